The lowest BCUT2D eigenvalue weighted by Crippen LogP contribution is -2.16. The van der Waals surface area contributed by atoms with Crippen LogP contribution < -0.4 is 4.72 Å². The van der Waals surface area contributed by atoms with Gasteiger partial charge in [0.05, 0.1) is 23.2 Å². The van der Waals surface area contributed by atoms with Gasteiger partial charge >= 0.3 is 0 Å². The fourth-order valence-corrected chi connectivity index (χ4v) is 3.09. The van der Waals surface area contributed by atoms with Crippen molar-refractivity contribution in [2.75, 3.05) is 17.0 Å². The maximum absolute atomic E-state index is 11.9. The van der Waals surface area contributed by atoms with Crippen LogP contribution in [0.1, 0.15) is 12.8 Å². The van der Waals surface area contributed by atoms with Crippen molar-refractivity contribution < 1.29 is 8.42 Å². The van der Waals surface area contributed by atoms with E-state index in [1.54, 1.807) is 23.0 Å². The van der Waals surface area contributed by atoms with Crippen LogP contribution in [0, 0.1) is 6.57 Å². The van der Waals surface area contributed by atoms with Crippen LogP contribution in [0.15, 0.2) is 24.4 Å². The number of aromatic nitrogens is 2. The summed E-state index contributed by atoms with van der Waals surface area (Å²) in [6, 6.07) is 5.32. The largest absolute Gasteiger partial charge is 0.317 e. The molecule has 2 aromatic rings. The number of hydrogen-bond donors (Lipinski definition) is 1. The number of unbranched alkanes of at least 4 members (excludes halogenated alkanes) is 1. The van der Waals surface area contributed by atoms with Gasteiger partial charge in [0.2, 0.25) is 16.6 Å². The van der Waals surface area contributed by atoms with Crippen LogP contribution in [-0.2, 0) is 17.1 Å². The average molecular weight is 292 g/mol. The number of anilines is 1. The summed E-state index contributed by atoms with van der Waals surface area (Å²) in [5.74, 6) is 0.0337. The first-order chi connectivity index (χ1) is 9.52. The Hall–Kier alpha value is -2.07. The van der Waals surface area contributed by atoms with E-state index in [1.807, 2.05) is 13.1 Å². The maximum atomic E-state index is 11.9. The standard InChI is InChI=1S/C13H16N4O2S/c1-14-7-3-4-8-20(18,19)16-12-6-5-11-10-15-17(2)13(11)9-12/h5-6,9-10,16H,3-4,7-8H2,2H3. The summed E-state index contributed by atoms with van der Waals surface area (Å²) < 4.78 is 28.1. The third-order valence-electron chi connectivity index (χ3n) is 2.96. The molecular weight excluding hydrogens is 276 g/mol. The van der Waals surface area contributed by atoms with Crippen LogP contribution in [0.25, 0.3) is 15.7 Å². The summed E-state index contributed by atoms with van der Waals surface area (Å²) in [4.78, 5) is 3.20. The molecule has 0 fully saturated rings. The van der Waals surface area contributed by atoms with Gasteiger partial charge in [0.15, 0.2) is 0 Å². The molecule has 2 rings (SSSR count). The Labute approximate surface area is 118 Å². The van der Waals surface area contributed by atoms with Crippen molar-refractivity contribution >= 4 is 26.6 Å². The molecule has 0 aliphatic heterocycles. The fourth-order valence-electron chi connectivity index (χ4n) is 1.92. The van der Waals surface area contributed by atoms with E-state index < -0.39 is 10.0 Å². The van der Waals surface area contributed by atoms with Gasteiger partial charge in [-0.3, -0.25) is 9.40 Å². The zero-order valence-electron chi connectivity index (χ0n) is 11.2. The number of rotatable bonds is 6. The third kappa shape index (κ3) is 3.48. The zero-order valence-corrected chi connectivity index (χ0v) is 12.0. The summed E-state index contributed by atoms with van der Waals surface area (Å²) >= 11 is 0. The predicted octanol–water partition coefficient (Wildman–Crippen LogP) is 2.01. The summed E-state index contributed by atoms with van der Waals surface area (Å²) in [7, 11) is -1.55. The van der Waals surface area contributed by atoms with E-state index in [2.05, 4.69) is 14.7 Å². The summed E-state index contributed by atoms with van der Waals surface area (Å²) in [5.41, 5.74) is 1.41. The van der Waals surface area contributed by atoms with Crippen molar-refractivity contribution in [3.63, 3.8) is 0 Å². The second kappa shape index (κ2) is 5.92. The Balaban J connectivity index is 2.07. The number of fused-ring (bicyclic) bond motifs is 1. The van der Waals surface area contributed by atoms with E-state index in [1.165, 1.54) is 0 Å². The van der Waals surface area contributed by atoms with Crippen LogP contribution in [0.3, 0.4) is 0 Å². The highest BCUT2D eigenvalue weighted by atomic mass is 32.2. The van der Waals surface area contributed by atoms with Gasteiger partial charge in [0.1, 0.15) is 0 Å². The third-order valence-corrected chi connectivity index (χ3v) is 4.33. The Bertz CT molecular complexity index is 743. The van der Waals surface area contributed by atoms with Gasteiger partial charge in [0.25, 0.3) is 0 Å². The number of nitrogens with one attached hydrogen (secondary N) is 1. The van der Waals surface area contributed by atoms with Crippen molar-refractivity contribution in [2.24, 2.45) is 7.05 Å². The van der Waals surface area contributed by atoms with Gasteiger partial charge < -0.3 is 4.85 Å². The molecule has 106 valence electrons. The molecule has 6 nitrogen and oxygen atoms in total. The first kappa shape index (κ1) is 14.3. The van der Waals surface area contributed by atoms with Crippen molar-refractivity contribution in [3.05, 3.63) is 35.8 Å². The first-order valence-corrected chi connectivity index (χ1v) is 7.92. The smallest absolute Gasteiger partial charge is 0.232 e. The molecule has 1 N–H and O–H groups in total. The number of aryl methyl sites for hydroxylation is 1. The topological polar surface area (TPSA) is 68.3 Å². The zero-order chi connectivity index (χ0) is 14.6. The molecule has 7 heteroatoms. The lowest BCUT2D eigenvalue weighted by molar-refractivity contribution is 0.597. The van der Waals surface area contributed by atoms with Crippen LogP contribution in [0.5, 0.6) is 0 Å². The molecule has 0 spiro atoms. The van der Waals surface area contributed by atoms with Gasteiger partial charge in [-0.15, -0.1) is 0 Å². The van der Waals surface area contributed by atoms with Crippen molar-refractivity contribution in [3.8, 4) is 0 Å². The molecule has 0 unspecified atom stereocenters. The SMILES string of the molecule is [C-]#[N+]CCCCS(=O)(=O)Nc1ccc2cnn(C)c2c1. The molecule has 0 saturated carbocycles. The molecule has 1 heterocycles. The maximum Gasteiger partial charge on any atom is 0.232 e. The van der Waals surface area contributed by atoms with Gasteiger partial charge in [0, 0.05) is 18.9 Å². The molecule has 1 aromatic carbocycles. The summed E-state index contributed by atoms with van der Waals surface area (Å²) in [6.07, 6.45) is 2.83. The predicted molar refractivity (Wildman–Crippen MR) is 78.8 cm³/mol. The normalized spacial score (nSPS) is 11.4. The molecule has 0 radical (unpaired) electrons. The summed E-state index contributed by atoms with van der Waals surface area (Å²) in [5, 5.41) is 5.08. The Morgan fingerprint density at radius 2 is 2.20 bits per heavy atom. The average Bonchev–Trinajstić information content (AvgIpc) is 2.76. The lowest BCUT2D eigenvalue weighted by Gasteiger charge is -2.07. The van der Waals surface area contributed by atoms with E-state index in [9.17, 15) is 8.42 Å². The van der Waals surface area contributed by atoms with Crippen molar-refractivity contribution in [2.45, 2.75) is 12.8 Å². The van der Waals surface area contributed by atoms with Crippen molar-refractivity contribution in [1.29, 1.82) is 0 Å². The van der Waals surface area contributed by atoms with E-state index in [0.29, 0.717) is 25.1 Å². The molecule has 20 heavy (non-hydrogen) atoms. The Kier molecular flexibility index (Phi) is 4.25. The molecule has 0 atom stereocenters. The highest BCUT2D eigenvalue weighted by Gasteiger charge is 2.11. The Morgan fingerprint density at radius 3 is 2.95 bits per heavy atom. The number of nitrogens with zero attached hydrogens (tertiary/aromatic N) is 3. The fraction of sp³-hybridized carbons (Fsp3) is 0.385. The minimum atomic E-state index is -3.36. The monoisotopic (exact) mass is 292 g/mol. The molecule has 1 aromatic heterocycles. The quantitative estimate of drug-likeness (QED) is 0.654. The molecule has 0 bridgehead atoms. The Morgan fingerprint density at radius 1 is 1.40 bits per heavy atom. The van der Waals surface area contributed by atoms with E-state index in [0.717, 1.165) is 10.9 Å². The lowest BCUT2D eigenvalue weighted by atomic mass is 10.2. The van der Waals surface area contributed by atoms with Crippen LogP contribution in [0.4, 0.5) is 5.69 Å². The molecule has 0 saturated heterocycles. The second-order valence-electron chi connectivity index (χ2n) is 4.55. The first-order valence-electron chi connectivity index (χ1n) is 6.27. The van der Waals surface area contributed by atoms with E-state index >= 15 is 0 Å². The molecule has 0 aliphatic rings. The number of sulfonamides is 1. The number of hydrogen-bond acceptors (Lipinski definition) is 3. The van der Waals surface area contributed by atoms with Gasteiger partial charge in [-0.1, -0.05) is 0 Å². The van der Waals surface area contributed by atoms with Gasteiger partial charge in [-0.05, 0) is 24.6 Å². The van der Waals surface area contributed by atoms with Gasteiger partial charge in [-0.2, -0.15) is 5.10 Å². The van der Waals surface area contributed by atoms with E-state index in [-0.39, 0.29) is 5.75 Å². The molecule has 0 aliphatic carbocycles. The van der Waals surface area contributed by atoms with Crippen LogP contribution in [-0.4, -0.2) is 30.5 Å². The summed E-state index contributed by atoms with van der Waals surface area (Å²) in [6.45, 7) is 7.02. The van der Waals surface area contributed by atoms with Crippen LogP contribution in [0.2, 0.25) is 0 Å². The van der Waals surface area contributed by atoms with Gasteiger partial charge in [-0.25, -0.2) is 15.0 Å². The molecular formula is C13H16N4O2S. The van der Waals surface area contributed by atoms with Crippen LogP contribution >= 0.6 is 0 Å². The van der Waals surface area contributed by atoms with Crippen molar-refractivity contribution in [1.82, 2.24) is 9.78 Å². The minimum Gasteiger partial charge on any atom is -0.317 e. The van der Waals surface area contributed by atoms with E-state index in [4.69, 9.17) is 6.57 Å². The highest BCUT2D eigenvalue weighted by Crippen LogP contribution is 2.19. The second-order valence-corrected chi connectivity index (χ2v) is 6.39. The highest BCUT2D eigenvalue weighted by molar-refractivity contribution is 7.92. The minimum absolute atomic E-state index is 0.0337. The number of benzene rings is 1. The molecule has 0 amide bonds.